The maximum absolute atomic E-state index is 13.2. The van der Waals surface area contributed by atoms with E-state index in [0.717, 1.165) is 51.4 Å². The number of amides is 3. The normalized spacial score (nSPS) is 22.2. The van der Waals surface area contributed by atoms with E-state index >= 15 is 0 Å². The molecule has 0 spiro atoms. The molecule has 2 heterocycles. The Kier molecular flexibility index (Phi) is 7.82. The molecule has 3 amide bonds. The molecule has 0 N–H and O–H groups in total. The van der Waals surface area contributed by atoms with Gasteiger partial charge in [-0.15, -0.1) is 0 Å². The lowest BCUT2D eigenvalue weighted by Gasteiger charge is -2.38. The van der Waals surface area contributed by atoms with Crippen LogP contribution in [-0.2, 0) is 20.8 Å². The van der Waals surface area contributed by atoms with E-state index in [9.17, 15) is 14.4 Å². The predicted molar refractivity (Wildman–Crippen MR) is 124 cm³/mol. The highest BCUT2D eigenvalue weighted by molar-refractivity contribution is 5.89. The van der Waals surface area contributed by atoms with Crippen molar-refractivity contribution < 1.29 is 14.4 Å². The number of piperazine rings is 1. The maximum Gasteiger partial charge on any atom is 0.245 e. The van der Waals surface area contributed by atoms with Crippen LogP contribution in [-0.4, -0.2) is 71.2 Å². The highest BCUT2D eigenvalue weighted by Gasteiger charge is 2.39. The van der Waals surface area contributed by atoms with E-state index in [1.165, 1.54) is 12.0 Å². The molecule has 0 aromatic heterocycles. The van der Waals surface area contributed by atoms with Crippen LogP contribution in [0.25, 0.3) is 0 Å². The number of aryl methyl sites for hydroxylation is 1. The number of carbonyl (C=O) groups is 3. The van der Waals surface area contributed by atoms with Crippen LogP contribution in [0.1, 0.15) is 63.4 Å². The third-order valence-electron chi connectivity index (χ3n) is 7.42. The van der Waals surface area contributed by atoms with Crippen molar-refractivity contribution in [3.63, 3.8) is 0 Å². The minimum atomic E-state index is -0.294. The van der Waals surface area contributed by atoms with Gasteiger partial charge in [0.1, 0.15) is 6.04 Å². The molecule has 1 atom stereocenters. The van der Waals surface area contributed by atoms with Gasteiger partial charge in [-0.25, -0.2) is 0 Å². The molecule has 0 radical (unpaired) electrons. The number of hydrogen-bond acceptors (Lipinski definition) is 3. The van der Waals surface area contributed by atoms with Crippen molar-refractivity contribution in [1.29, 1.82) is 0 Å². The Hall–Kier alpha value is -2.37. The number of benzene rings is 1. The average Bonchev–Trinajstić information content (AvgIpc) is 3.34. The summed E-state index contributed by atoms with van der Waals surface area (Å²) in [5, 5.41) is 0. The third-order valence-corrected chi connectivity index (χ3v) is 7.42. The molecule has 2 aliphatic heterocycles. The van der Waals surface area contributed by atoms with Crippen LogP contribution in [0.3, 0.4) is 0 Å². The minimum Gasteiger partial charge on any atom is -0.339 e. The molecule has 1 unspecified atom stereocenters. The quantitative estimate of drug-likeness (QED) is 0.684. The molecule has 1 aliphatic carbocycles. The molecular weight excluding hydrogens is 402 g/mol. The molecule has 1 saturated carbocycles. The summed E-state index contributed by atoms with van der Waals surface area (Å²) < 4.78 is 0. The van der Waals surface area contributed by atoms with Crippen LogP contribution >= 0.6 is 0 Å². The number of rotatable bonds is 6. The first-order chi connectivity index (χ1) is 15.6. The smallest absolute Gasteiger partial charge is 0.245 e. The molecule has 0 bridgehead atoms. The Balaban J connectivity index is 1.23. The fourth-order valence-electron chi connectivity index (χ4n) is 5.50. The summed E-state index contributed by atoms with van der Waals surface area (Å²) in [4.78, 5) is 44.5. The molecule has 2 saturated heterocycles. The molecule has 6 heteroatoms. The monoisotopic (exact) mass is 439 g/mol. The van der Waals surface area contributed by atoms with Gasteiger partial charge in [0.2, 0.25) is 17.7 Å². The average molecular weight is 440 g/mol. The van der Waals surface area contributed by atoms with Crippen LogP contribution in [0.5, 0.6) is 0 Å². The zero-order valence-electron chi connectivity index (χ0n) is 19.2. The molecular formula is C26H37N3O3. The predicted octanol–water partition coefficient (Wildman–Crippen LogP) is 3.25. The highest BCUT2D eigenvalue weighted by atomic mass is 16.2. The van der Waals surface area contributed by atoms with Crippen LogP contribution in [0.15, 0.2) is 30.3 Å². The Morgan fingerprint density at radius 1 is 0.750 bits per heavy atom. The molecule has 32 heavy (non-hydrogen) atoms. The maximum atomic E-state index is 13.2. The van der Waals surface area contributed by atoms with E-state index < -0.39 is 0 Å². The highest BCUT2D eigenvalue weighted by Crippen LogP contribution is 2.29. The first-order valence-electron chi connectivity index (χ1n) is 12.5. The second kappa shape index (κ2) is 11.0. The molecule has 174 valence electrons. The van der Waals surface area contributed by atoms with Crippen molar-refractivity contribution in [3.8, 4) is 0 Å². The summed E-state index contributed by atoms with van der Waals surface area (Å²) in [5.41, 5.74) is 1.26. The third kappa shape index (κ3) is 5.51. The van der Waals surface area contributed by atoms with E-state index in [2.05, 4.69) is 12.1 Å². The number of nitrogens with zero attached hydrogens (tertiary/aromatic N) is 3. The molecule has 3 aliphatic rings. The molecule has 6 nitrogen and oxygen atoms in total. The van der Waals surface area contributed by atoms with Gasteiger partial charge in [0.05, 0.1) is 0 Å². The zero-order chi connectivity index (χ0) is 22.3. The van der Waals surface area contributed by atoms with Gasteiger partial charge in [-0.3, -0.25) is 14.4 Å². The Morgan fingerprint density at radius 3 is 2.16 bits per heavy atom. The fraction of sp³-hybridized carbons (Fsp3) is 0.654. The molecule has 1 aromatic rings. The Morgan fingerprint density at radius 2 is 1.44 bits per heavy atom. The molecule has 3 fully saturated rings. The summed E-state index contributed by atoms with van der Waals surface area (Å²) in [7, 11) is 0. The lowest BCUT2D eigenvalue weighted by atomic mass is 9.88. The van der Waals surface area contributed by atoms with Gasteiger partial charge in [-0.05, 0) is 44.1 Å². The lowest BCUT2D eigenvalue weighted by Crippen LogP contribution is -2.55. The SMILES string of the molecule is O=C(CCCc1ccccc1)N1CCN(C(=O)C2CCCN2C(=O)C2CCCCC2)CC1. The van der Waals surface area contributed by atoms with Crippen molar-refractivity contribution in [2.24, 2.45) is 5.92 Å². The van der Waals surface area contributed by atoms with Crippen molar-refractivity contribution in [3.05, 3.63) is 35.9 Å². The number of likely N-dealkylation sites (tertiary alicyclic amines) is 1. The first kappa shape index (κ1) is 22.8. The summed E-state index contributed by atoms with van der Waals surface area (Å²) >= 11 is 0. The van der Waals surface area contributed by atoms with Crippen LogP contribution < -0.4 is 0 Å². The number of carbonyl (C=O) groups excluding carboxylic acids is 3. The van der Waals surface area contributed by atoms with E-state index in [1.54, 1.807) is 0 Å². The van der Waals surface area contributed by atoms with Crippen LogP contribution in [0, 0.1) is 5.92 Å². The Bertz CT molecular complexity index is 783. The second-order valence-corrected chi connectivity index (χ2v) is 9.57. The largest absolute Gasteiger partial charge is 0.339 e. The van der Waals surface area contributed by atoms with E-state index in [0.29, 0.717) is 39.1 Å². The van der Waals surface area contributed by atoms with Gasteiger partial charge < -0.3 is 14.7 Å². The summed E-state index contributed by atoms with van der Waals surface area (Å²) in [6.45, 7) is 3.06. The van der Waals surface area contributed by atoms with E-state index in [4.69, 9.17) is 0 Å². The topological polar surface area (TPSA) is 60.9 Å². The van der Waals surface area contributed by atoms with E-state index in [-0.39, 0.29) is 29.7 Å². The van der Waals surface area contributed by atoms with Crippen LogP contribution in [0.4, 0.5) is 0 Å². The first-order valence-corrected chi connectivity index (χ1v) is 12.5. The minimum absolute atomic E-state index is 0.0860. The molecule has 1 aromatic carbocycles. The summed E-state index contributed by atoms with van der Waals surface area (Å²) in [6.07, 6.45) is 9.43. The van der Waals surface area contributed by atoms with Gasteiger partial charge in [0.15, 0.2) is 0 Å². The van der Waals surface area contributed by atoms with Crippen LogP contribution in [0.2, 0.25) is 0 Å². The molecule has 4 rings (SSSR count). The lowest BCUT2D eigenvalue weighted by molar-refractivity contribution is -0.148. The van der Waals surface area contributed by atoms with Gasteiger partial charge in [0.25, 0.3) is 0 Å². The standard InChI is InChI=1S/C26H37N3O3/c30-24(15-7-11-21-9-3-1-4-10-21)27-17-19-28(20-18-27)26(32)23-14-8-16-29(23)25(31)22-12-5-2-6-13-22/h1,3-4,9-10,22-23H,2,5-8,11-20H2. The zero-order valence-corrected chi connectivity index (χ0v) is 19.2. The summed E-state index contributed by atoms with van der Waals surface area (Å²) in [6, 6.07) is 9.97. The van der Waals surface area contributed by atoms with Gasteiger partial charge in [0, 0.05) is 45.1 Å². The Labute approximate surface area is 191 Å². The van der Waals surface area contributed by atoms with Crippen molar-refractivity contribution >= 4 is 17.7 Å². The van der Waals surface area contributed by atoms with Crippen molar-refractivity contribution in [2.45, 2.75) is 70.3 Å². The summed E-state index contributed by atoms with van der Waals surface area (Å²) in [5.74, 6) is 0.584. The van der Waals surface area contributed by atoms with Gasteiger partial charge >= 0.3 is 0 Å². The van der Waals surface area contributed by atoms with Crippen molar-refractivity contribution in [2.75, 3.05) is 32.7 Å². The van der Waals surface area contributed by atoms with Gasteiger partial charge in [-0.2, -0.15) is 0 Å². The van der Waals surface area contributed by atoms with Crippen molar-refractivity contribution in [1.82, 2.24) is 14.7 Å². The number of hydrogen-bond donors (Lipinski definition) is 0. The van der Waals surface area contributed by atoms with E-state index in [1.807, 2.05) is 32.9 Å². The second-order valence-electron chi connectivity index (χ2n) is 9.57. The van der Waals surface area contributed by atoms with Gasteiger partial charge in [-0.1, -0.05) is 49.6 Å². The fourth-order valence-corrected chi connectivity index (χ4v) is 5.50.